The van der Waals surface area contributed by atoms with Gasteiger partial charge in [0.25, 0.3) is 5.91 Å². The quantitative estimate of drug-likeness (QED) is 0.845. The molecule has 3 rings (SSSR count). The largest absolute Gasteiger partial charge is 0.482 e. The van der Waals surface area contributed by atoms with Gasteiger partial charge in [0.2, 0.25) is 6.79 Å². The molecule has 0 unspecified atom stereocenters. The Labute approximate surface area is 152 Å². The number of fused-ring (bicyclic) bond motifs is 1. The number of urea groups is 1. The lowest BCUT2D eigenvalue weighted by Gasteiger charge is -2.09. The van der Waals surface area contributed by atoms with Gasteiger partial charge in [-0.15, -0.1) is 0 Å². The minimum absolute atomic E-state index is 0.132. The average molecular weight is 383 g/mol. The smallest absolute Gasteiger partial charge is 0.325 e. The van der Waals surface area contributed by atoms with E-state index in [1.807, 2.05) is 0 Å². The number of amides is 3. The normalized spacial score (nSPS) is 11.8. The molecule has 2 aromatic rings. The Balaban J connectivity index is 1.50. The van der Waals surface area contributed by atoms with Crippen LogP contribution in [0.3, 0.4) is 0 Å². The third-order valence-corrected chi connectivity index (χ3v) is 3.68. The minimum atomic E-state index is -0.704. The first-order valence-electron chi connectivity index (χ1n) is 7.09. The van der Waals surface area contributed by atoms with E-state index in [2.05, 4.69) is 10.6 Å². The molecule has 1 aliphatic heterocycles. The van der Waals surface area contributed by atoms with Crippen molar-refractivity contribution in [2.75, 3.05) is 18.7 Å². The predicted molar refractivity (Wildman–Crippen MR) is 91.7 cm³/mol. The standard InChI is InChI=1S/C16H12Cl2N2O5/c17-9-1-3-11(18)13(5-9)23-7-15(21)20-16(22)19-10-2-4-12-14(6-10)25-8-24-12/h1-6H,7-8H2,(H2,19,20,21,22). The van der Waals surface area contributed by atoms with Crippen LogP contribution in [0.1, 0.15) is 0 Å². The van der Waals surface area contributed by atoms with Crippen LogP contribution in [0.4, 0.5) is 10.5 Å². The topological polar surface area (TPSA) is 85.9 Å². The maximum atomic E-state index is 11.8. The van der Waals surface area contributed by atoms with E-state index in [1.165, 1.54) is 6.07 Å². The molecule has 3 amide bonds. The molecular formula is C16H12Cl2N2O5. The van der Waals surface area contributed by atoms with Gasteiger partial charge in [-0.1, -0.05) is 23.2 Å². The van der Waals surface area contributed by atoms with Crippen molar-refractivity contribution >= 4 is 40.8 Å². The van der Waals surface area contributed by atoms with Crippen LogP contribution < -0.4 is 24.8 Å². The number of nitrogens with one attached hydrogen (secondary N) is 2. The van der Waals surface area contributed by atoms with Gasteiger partial charge in [-0.3, -0.25) is 10.1 Å². The zero-order valence-corrected chi connectivity index (χ0v) is 14.2. The van der Waals surface area contributed by atoms with E-state index in [0.717, 1.165) is 0 Å². The molecule has 0 fully saturated rings. The Kier molecular flexibility index (Phi) is 5.16. The van der Waals surface area contributed by atoms with Crippen LogP contribution in [0.5, 0.6) is 17.2 Å². The van der Waals surface area contributed by atoms with E-state index in [9.17, 15) is 9.59 Å². The Bertz CT molecular complexity index is 828. The molecule has 1 heterocycles. The summed E-state index contributed by atoms with van der Waals surface area (Å²) >= 11 is 11.7. The molecule has 0 aliphatic carbocycles. The molecule has 25 heavy (non-hydrogen) atoms. The van der Waals surface area contributed by atoms with Crippen molar-refractivity contribution in [2.24, 2.45) is 0 Å². The van der Waals surface area contributed by atoms with E-state index in [-0.39, 0.29) is 12.5 Å². The Morgan fingerprint density at radius 1 is 1.08 bits per heavy atom. The first-order chi connectivity index (χ1) is 12.0. The molecule has 0 saturated heterocycles. The molecule has 0 aromatic heterocycles. The highest BCUT2D eigenvalue weighted by atomic mass is 35.5. The summed E-state index contributed by atoms with van der Waals surface area (Å²) in [6.07, 6.45) is 0. The van der Waals surface area contributed by atoms with Crippen molar-refractivity contribution in [3.05, 3.63) is 46.4 Å². The Morgan fingerprint density at radius 2 is 1.88 bits per heavy atom. The molecule has 0 bridgehead atoms. The van der Waals surface area contributed by atoms with Crippen LogP contribution in [0.15, 0.2) is 36.4 Å². The lowest BCUT2D eigenvalue weighted by Crippen LogP contribution is -2.37. The van der Waals surface area contributed by atoms with Gasteiger partial charge in [0.1, 0.15) is 5.75 Å². The van der Waals surface area contributed by atoms with Crippen molar-refractivity contribution in [1.29, 1.82) is 0 Å². The monoisotopic (exact) mass is 382 g/mol. The van der Waals surface area contributed by atoms with Crippen LogP contribution >= 0.6 is 23.2 Å². The number of ether oxygens (including phenoxy) is 3. The van der Waals surface area contributed by atoms with E-state index in [1.54, 1.807) is 30.3 Å². The molecule has 130 valence electrons. The van der Waals surface area contributed by atoms with Gasteiger partial charge in [-0.25, -0.2) is 4.79 Å². The number of carbonyl (C=O) groups excluding carboxylic acids is 2. The van der Waals surface area contributed by atoms with Crippen molar-refractivity contribution < 1.29 is 23.8 Å². The maximum Gasteiger partial charge on any atom is 0.325 e. The van der Waals surface area contributed by atoms with Gasteiger partial charge in [0.05, 0.1) is 5.02 Å². The van der Waals surface area contributed by atoms with Crippen LogP contribution in [-0.4, -0.2) is 25.3 Å². The van der Waals surface area contributed by atoms with Crippen molar-refractivity contribution in [1.82, 2.24) is 5.32 Å². The summed E-state index contributed by atoms with van der Waals surface area (Å²) in [5.74, 6) is 0.715. The second-order valence-electron chi connectivity index (χ2n) is 4.93. The first kappa shape index (κ1) is 17.2. The number of benzene rings is 2. The van der Waals surface area contributed by atoms with E-state index >= 15 is 0 Å². The van der Waals surface area contributed by atoms with Gasteiger partial charge in [-0.05, 0) is 24.3 Å². The van der Waals surface area contributed by atoms with Gasteiger partial charge in [0, 0.05) is 22.8 Å². The molecule has 1 aliphatic rings. The number of imide groups is 1. The highest BCUT2D eigenvalue weighted by molar-refractivity contribution is 6.34. The number of halogens is 2. The molecule has 7 nitrogen and oxygen atoms in total. The van der Waals surface area contributed by atoms with Crippen LogP contribution in [0.25, 0.3) is 0 Å². The third-order valence-electron chi connectivity index (χ3n) is 3.14. The molecule has 9 heteroatoms. The summed E-state index contributed by atoms with van der Waals surface area (Å²) in [7, 11) is 0. The molecule has 0 saturated carbocycles. The van der Waals surface area contributed by atoms with E-state index in [4.69, 9.17) is 37.4 Å². The maximum absolute atomic E-state index is 11.8. The molecule has 0 radical (unpaired) electrons. The fourth-order valence-electron chi connectivity index (χ4n) is 2.03. The molecule has 2 N–H and O–H groups in total. The molecule has 0 atom stereocenters. The highest BCUT2D eigenvalue weighted by Crippen LogP contribution is 2.34. The fraction of sp³-hybridized carbons (Fsp3) is 0.125. The SMILES string of the molecule is O=C(COc1cc(Cl)ccc1Cl)NC(=O)Nc1ccc2c(c1)OCO2. The summed E-state index contributed by atoms with van der Waals surface area (Å²) in [4.78, 5) is 23.6. The summed E-state index contributed by atoms with van der Waals surface area (Å²) in [6, 6.07) is 8.78. The summed E-state index contributed by atoms with van der Waals surface area (Å²) in [6.45, 7) is -0.262. The average Bonchev–Trinajstić information content (AvgIpc) is 3.03. The third kappa shape index (κ3) is 4.46. The second-order valence-corrected chi connectivity index (χ2v) is 5.78. The lowest BCUT2D eigenvalue weighted by atomic mass is 10.3. The summed E-state index contributed by atoms with van der Waals surface area (Å²) in [5.41, 5.74) is 0.452. The minimum Gasteiger partial charge on any atom is -0.482 e. The fourth-order valence-corrected chi connectivity index (χ4v) is 2.36. The Morgan fingerprint density at radius 3 is 2.72 bits per heavy atom. The van der Waals surface area contributed by atoms with Crippen LogP contribution in [0, 0.1) is 0 Å². The Hall–Kier alpha value is -2.64. The number of hydrogen-bond donors (Lipinski definition) is 2. The van der Waals surface area contributed by atoms with Crippen molar-refractivity contribution in [3.63, 3.8) is 0 Å². The van der Waals surface area contributed by atoms with Gasteiger partial charge in [-0.2, -0.15) is 0 Å². The summed E-state index contributed by atoms with van der Waals surface area (Å²) in [5, 5.41) is 5.37. The first-order valence-corrected chi connectivity index (χ1v) is 7.85. The second kappa shape index (κ2) is 7.50. The predicted octanol–water partition coefficient (Wildman–Crippen LogP) is 3.45. The van der Waals surface area contributed by atoms with Crippen molar-refractivity contribution in [3.8, 4) is 17.2 Å². The highest BCUT2D eigenvalue weighted by Gasteiger charge is 2.15. The van der Waals surface area contributed by atoms with E-state index < -0.39 is 18.5 Å². The number of anilines is 1. The molecule has 2 aromatic carbocycles. The van der Waals surface area contributed by atoms with Crippen LogP contribution in [-0.2, 0) is 4.79 Å². The lowest BCUT2D eigenvalue weighted by molar-refractivity contribution is -0.121. The number of carbonyl (C=O) groups is 2. The van der Waals surface area contributed by atoms with Crippen molar-refractivity contribution in [2.45, 2.75) is 0 Å². The summed E-state index contributed by atoms with van der Waals surface area (Å²) < 4.78 is 15.6. The zero-order chi connectivity index (χ0) is 17.8. The number of hydrogen-bond acceptors (Lipinski definition) is 5. The van der Waals surface area contributed by atoms with Gasteiger partial charge < -0.3 is 19.5 Å². The van der Waals surface area contributed by atoms with Gasteiger partial charge >= 0.3 is 6.03 Å². The van der Waals surface area contributed by atoms with Gasteiger partial charge in [0.15, 0.2) is 18.1 Å². The number of rotatable bonds is 4. The van der Waals surface area contributed by atoms with E-state index in [0.29, 0.717) is 27.2 Å². The molecular weight excluding hydrogens is 371 g/mol. The molecule has 0 spiro atoms. The van der Waals surface area contributed by atoms with Crippen LogP contribution in [0.2, 0.25) is 10.0 Å². The zero-order valence-electron chi connectivity index (χ0n) is 12.7.